The molecule has 1 N–H and O–H groups in total. The second-order valence-corrected chi connectivity index (χ2v) is 5.84. The van der Waals surface area contributed by atoms with Crippen molar-refractivity contribution in [1.29, 1.82) is 0 Å². The fourth-order valence-corrected chi connectivity index (χ4v) is 3.39. The van der Waals surface area contributed by atoms with Crippen LogP contribution in [-0.2, 0) is 0 Å². The first-order valence-corrected chi connectivity index (χ1v) is 7.17. The third kappa shape index (κ3) is 2.38. The van der Waals surface area contributed by atoms with Crippen LogP contribution < -0.4 is 0 Å². The SMILES string of the molecule is O=C(c1cc2ccc(F)cc2s1)N1CCC(=NO)CC1. The van der Waals surface area contributed by atoms with E-state index in [1.165, 1.54) is 23.5 Å². The molecule has 1 amide bonds. The van der Waals surface area contributed by atoms with Crippen LogP contribution in [0.1, 0.15) is 22.5 Å². The number of fused-ring (bicyclic) bond motifs is 1. The second kappa shape index (κ2) is 5.20. The number of carbonyl (C=O) groups excluding carboxylic acids is 1. The zero-order chi connectivity index (χ0) is 14.1. The standard InChI is InChI=1S/C14H13FN2O2S/c15-10-2-1-9-7-13(20-12(9)8-10)14(18)17-5-3-11(16-19)4-6-17/h1-2,7-8,19H,3-6H2. The quantitative estimate of drug-likeness (QED) is 0.648. The highest BCUT2D eigenvalue weighted by Gasteiger charge is 2.22. The Morgan fingerprint density at radius 1 is 1.30 bits per heavy atom. The van der Waals surface area contributed by atoms with Crippen molar-refractivity contribution in [3.63, 3.8) is 0 Å². The molecule has 1 aliphatic heterocycles. The van der Waals surface area contributed by atoms with Gasteiger partial charge in [-0.3, -0.25) is 4.79 Å². The van der Waals surface area contributed by atoms with Crippen molar-refractivity contribution in [2.24, 2.45) is 5.16 Å². The number of likely N-dealkylation sites (tertiary alicyclic amines) is 1. The van der Waals surface area contributed by atoms with Crippen molar-refractivity contribution >= 4 is 33.0 Å². The van der Waals surface area contributed by atoms with Gasteiger partial charge in [-0.2, -0.15) is 0 Å². The lowest BCUT2D eigenvalue weighted by Gasteiger charge is -2.26. The number of piperidine rings is 1. The van der Waals surface area contributed by atoms with E-state index in [-0.39, 0.29) is 11.7 Å². The molecule has 1 aliphatic rings. The highest BCUT2D eigenvalue weighted by Crippen LogP contribution is 2.27. The van der Waals surface area contributed by atoms with Crippen molar-refractivity contribution in [2.45, 2.75) is 12.8 Å². The molecule has 2 heterocycles. The van der Waals surface area contributed by atoms with Crippen molar-refractivity contribution < 1.29 is 14.4 Å². The van der Waals surface area contributed by atoms with Gasteiger partial charge in [0, 0.05) is 30.6 Å². The molecule has 0 spiro atoms. The van der Waals surface area contributed by atoms with Crippen LogP contribution in [0.25, 0.3) is 10.1 Å². The van der Waals surface area contributed by atoms with Crippen molar-refractivity contribution in [2.75, 3.05) is 13.1 Å². The van der Waals surface area contributed by atoms with E-state index in [0.717, 1.165) is 15.8 Å². The predicted octanol–water partition coefficient (Wildman–Crippen LogP) is 3.11. The lowest BCUT2D eigenvalue weighted by atomic mass is 10.1. The fourth-order valence-electron chi connectivity index (χ4n) is 2.33. The number of amides is 1. The molecule has 1 aromatic carbocycles. The Hall–Kier alpha value is -1.95. The zero-order valence-electron chi connectivity index (χ0n) is 10.7. The molecule has 20 heavy (non-hydrogen) atoms. The molecule has 3 rings (SSSR count). The van der Waals surface area contributed by atoms with Gasteiger partial charge in [-0.05, 0) is 23.6 Å². The van der Waals surface area contributed by atoms with Crippen molar-refractivity contribution in [3.05, 3.63) is 35.0 Å². The molecular formula is C14H13FN2O2S. The van der Waals surface area contributed by atoms with Crippen LogP contribution in [0, 0.1) is 5.82 Å². The molecule has 0 unspecified atom stereocenters. The maximum absolute atomic E-state index is 13.2. The van der Waals surface area contributed by atoms with E-state index < -0.39 is 0 Å². The summed E-state index contributed by atoms with van der Waals surface area (Å²) in [5.74, 6) is -0.330. The number of nitrogens with zero attached hydrogens (tertiary/aromatic N) is 2. The highest BCUT2D eigenvalue weighted by molar-refractivity contribution is 7.20. The topological polar surface area (TPSA) is 52.9 Å². The Morgan fingerprint density at radius 2 is 2.05 bits per heavy atom. The number of rotatable bonds is 1. The Kier molecular flexibility index (Phi) is 3.40. The van der Waals surface area contributed by atoms with Gasteiger partial charge in [-0.1, -0.05) is 11.2 Å². The van der Waals surface area contributed by atoms with Crippen LogP contribution in [0.4, 0.5) is 4.39 Å². The van der Waals surface area contributed by atoms with Crippen molar-refractivity contribution in [3.8, 4) is 0 Å². The van der Waals surface area contributed by atoms with Crippen LogP contribution in [-0.4, -0.2) is 34.8 Å². The van der Waals surface area contributed by atoms with E-state index >= 15 is 0 Å². The first-order chi connectivity index (χ1) is 9.67. The van der Waals surface area contributed by atoms with E-state index in [2.05, 4.69) is 5.16 Å². The van der Waals surface area contributed by atoms with Gasteiger partial charge < -0.3 is 10.1 Å². The molecular weight excluding hydrogens is 279 g/mol. The van der Waals surface area contributed by atoms with E-state index in [1.54, 1.807) is 17.0 Å². The molecule has 6 heteroatoms. The lowest BCUT2D eigenvalue weighted by molar-refractivity contribution is 0.0758. The molecule has 1 fully saturated rings. The number of carbonyl (C=O) groups is 1. The highest BCUT2D eigenvalue weighted by atomic mass is 32.1. The Labute approximate surface area is 119 Å². The summed E-state index contributed by atoms with van der Waals surface area (Å²) in [6.07, 6.45) is 1.20. The number of hydrogen-bond acceptors (Lipinski definition) is 4. The minimum atomic E-state index is -0.292. The Bertz CT molecular complexity index is 686. The van der Waals surface area contributed by atoms with Gasteiger partial charge in [0.25, 0.3) is 5.91 Å². The molecule has 0 radical (unpaired) electrons. The zero-order valence-corrected chi connectivity index (χ0v) is 11.5. The summed E-state index contributed by atoms with van der Waals surface area (Å²) >= 11 is 1.31. The van der Waals surface area contributed by atoms with Gasteiger partial charge in [-0.15, -0.1) is 11.3 Å². The third-order valence-corrected chi connectivity index (χ3v) is 4.55. The number of hydrogen-bond donors (Lipinski definition) is 1. The van der Waals surface area contributed by atoms with E-state index in [4.69, 9.17) is 5.21 Å². The van der Waals surface area contributed by atoms with Gasteiger partial charge >= 0.3 is 0 Å². The van der Waals surface area contributed by atoms with E-state index in [9.17, 15) is 9.18 Å². The third-order valence-electron chi connectivity index (χ3n) is 3.46. The van der Waals surface area contributed by atoms with E-state index in [1.807, 2.05) is 0 Å². The molecule has 1 saturated heterocycles. The van der Waals surface area contributed by atoms with Crippen molar-refractivity contribution in [1.82, 2.24) is 4.90 Å². The Balaban J connectivity index is 1.82. The number of oxime groups is 1. The largest absolute Gasteiger partial charge is 0.411 e. The molecule has 0 aliphatic carbocycles. The molecule has 104 valence electrons. The van der Waals surface area contributed by atoms with Gasteiger partial charge in [0.15, 0.2) is 0 Å². The summed E-state index contributed by atoms with van der Waals surface area (Å²) in [4.78, 5) is 14.8. The van der Waals surface area contributed by atoms with Gasteiger partial charge in [-0.25, -0.2) is 4.39 Å². The maximum Gasteiger partial charge on any atom is 0.263 e. The monoisotopic (exact) mass is 292 g/mol. The van der Waals surface area contributed by atoms with Crippen LogP contribution in [0.15, 0.2) is 29.4 Å². The average Bonchev–Trinajstić information content (AvgIpc) is 2.89. The second-order valence-electron chi connectivity index (χ2n) is 4.75. The summed E-state index contributed by atoms with van der Waals surface area (Å²) < 4.78 is 13.9. The molecule has 0 atom stereocenters. The van der Waals surface area contributed by atoms with Gasteiger partial charge in [0.1, 0.15) is 5.82 Å². The first-order valence-electron chi connectivity index (χ1n) is 6.35. The summed E-state index contributed by atoms with van der Waals surface area (Å²) in [6, 6.07) is 6.33. The molecule has 2 aromatic rings. The summed E-state index contributed by atoms with van der Waals surface area (Å²) in [5, 5.41) is 12.8. The number of benzene rings is 1. The van der Waals surface area contributed by atoms with Crippen LogP contribution in [0.2, 0.25) is 0 Å². The van der Waals surface area contributed by atoms with Crippen LogP contribution >= 0.6 is 11.3 Å². The average molecular weight is 292 g/mol. The Morgan fingerprint density at radius 3 is 2.75 bits per heavy atom. The van der Waals surface area contributed by atoms with Gasteiger partial charge in [0.2, 0.25) is 0 Å². The van der Waals surface area contributed by atoms with Crippen LogP contribution in [0.5, 0.6) is 0 Å². The fraction of sp³-hybridized carbons (Fsp3) is 0.286. The minimum absolute atomic E-state index is 0.0383. The normalized spacial score (nSPS) is 15.7. The summed E-state index contributed by atoms with van der Waals surface area (Å²) in [6.45, 7) is 1.11. The minimum Gasteiger partial charge on any atom is -0.411 e. The van der Waals surface area contributed by atoms with Gasteiger partial charge in [0.05, 0.1) is 10.6 Å². The first kappa shape index (κ1) is 13.1. The number of halogens is 1. The molecule has 0 saturated carbocycles. The summed E-state index contributed by atoms with van der Waals surface area (Å²) in [7, 11) is 0. The molecule has 0 bridgehead atoms. The van der Waals surface area contributed by atoms with Crippen LogP contribution in [0.3, 0.4) is 0 Å². The maximum atomic E-state index is 13.2. The summed E-state index contributed by atoms with van der Waals surface area (Å²) in [5.41, 5.74) is 0.729. The smallest absolute Gasteiger partial charge is 0.263 e. The van der Waals surface area contributed by atoms with E-state index in [0.29, 0.717) is 30.8 Å². The lowest BCUT2D eigenvalue weighted by Crippen LogP contribution is -2.38. The number of thiophene rings is 1. The predicted molar refractivity (Wildman–Crippen MR) is 76.1 cm³/mol. The molecule has 4 nitrogen and oxygen atoms in total. The molecule has 1 aromatic heterocycles.